The minimum absolute atomic E-state index is 0.128. The zero-order chi connectivity index (χ0) is 30.1. The second-order valence-electron chi connectivity index (χ2n) is 12.5. The molecule has 0 bridgehead atoms. The molecule has 0 radical (unpaired) electrons. The normalized spacial score (nSPS) is 14.2. The smallest absolute Gasteiger partial charge is 0.0551 e. The molecule has 0 heterocycles. The summed E-state index contributed by atoms with van der Waals surface area (Å²) < 4.78 is 0. The number of hydrogen-bond donors (Lipinski definition) is 0. The Labute approximate surface area is 262 Å². The highest BCUT2D eigenvalue weighted by atomic mass is 15.1. The zero-order valence-corrected chi connectivity index (χ0v) is 25.7. The molecule has 0 saturated carbocycles. The first kappa shape index (κ1) is 27.8. The lowest BCUT2D eigenvalue weighted by molar-refractivity contribution is 0.570. The van der Waals surface area contributed by atoms with E-state index in [1.807, 2.05) is 12.1 Å². The lowest BCUT2D eigenvalue weighted by atomic mass is 9.76. The van der Waals surface area contributed by atoms with Crippen molar-refractivity contribution in [1.82, 2.24) is 0 Å². The van der Waals surface area contributed by atoms with Gasteiger partial charge in [0.25, 0.3) is 0 Å². The van der Waals surface area contributed by atoms with E-state index < -0.39 is 0 Å². The SMILES string of the molecule is CC(c1ccc2c(c1)C(C)(C)c1cc(N(c3cc#ccc3)c3ccccc3)ccc1-2)C(Cc1ccccc1)c1ccccc1. The molecule has 0 amide bonds. The lowest BCUT2D eigenvalue weighted by Gasteiger charge is -2.28. The topological polar surface area (TPSA) is 3.24 Å². The van der Waals surface area contributed by atoms with Crippen LogP contribution in [-0.2, 0) is 11.8 Å². The molecule has 1 nitrogen and oxygen atoms in total. The Morgan fingerprint density at radius 2 is 1.23 bits per heavy atom. The van der Waals surface area contributed by atoms with E-state index in [2.05, 4.69) is 171 Å². The highest BCUT2D eigenvalue weighted by Crippen LogP contribution is 2.52. The van der Waals surface area contributed by atoms with Gasteiger partial charge in [0.15, 0.2) is 0 Å². The molecule has 0 saturated heterocycles. The van der Waals surface area contributed by atoms with Crippen LogP contribution in [0.4, 0.5) is 17.1 Å². The third-order valence-electron chi connectivity index (χ3n) is 9.51. The van der Waals surface area contributed by atoms with E-state index in [1.165, 1.54) is 38.9 Å². The van der Waals surface area contributed by atoms with Crippen LogP contribution < -0.4 is 4.90 Å². The Hall–Kier alpha value is -5.06. The van der Waals surface area contributed by atoms with Gasteiger partial charge in [-0.05, 0) is 93.6 Å². The lowest BCUT2D eigenvalue weighted by Crippen LogP contribution is -2.17. The number of anilines is 3. The number of para-hydroxylation sites is 1. The summed E-state index contributed by atoms with van der Waals surface area (Å²) in [6.07, 6.45) is 1.01. The first-order chi connectivity index (χ1) is 21.5. The van der Waals surface area contributed by atoms with Crippen molar-refractivity contribution in [3.8, 4) is 11.1 Å². The minimum Gasteiger partial charge on any atom is -0.310 e. The molecule has 214 valence electrons. The molecule has 0 fully saturated rings. The fraction of sp³-hybridized carbons (Fsp3) is 0.163. The van der Waals surface area contributed by atoms with Crippen molar-refractivity contribution in [3.05, 3.63) is 186 Å². The predicted octanol–water partition coefficient (Wildman–Crippen LogP) is 11.2. The first-order valence-electron chi connectivity index (χ1n) is 15.6. The monoisotopic (exact) mass is 567 g/mol. The summed E-state index contributed by atoms with van der Waals surface area (Å²) >= 11 is 0. The maximum absolute atomic E-state index is 3.15. The van der Waals surface area contributed by atoms with E-state index in [4.69, 9.17) is 0 Å². The van der Waals surface area contributed by atoms with Crippen LogP contribution in [0.3, 0.4) is 0 Å². The number of benzene rings is 5. The molecular weight excluding hydrogens is 530 g/mol. The van der Waals surface area contributed by atoms with Gasteiger partial charge in [-0.3, -0.25) is 0 Å². The minimum atomic E-state index is -0.128. The molecule has 2 atom stereocenters. The van der Waals surface area contributed by atoms with Gasteiger partial charge in [0, 0.05) is 22.9 Å². The van der Waals surface area contributed by atoms with Crippen molar-refractivity contribution in [2.45, 2.75) is 44.4 Å². The molecular formula is C43H37N. The van der Waals surface area contributed by atoms with E-state index in [0.29, 0.717) is 11.8 Å². The van der Waals surface area contributed by atoms with Crippen LogP contribution in [-0.4, -0.2) is 0 Å². The van der Waals surface area contributed by atoms with Gasteiger partial charge in [0.05, 0.1) is 5.69 Å². The Morgan fingerprint density at radius 1 is 0.591 bits per heavy atom. The standard InChI is InChI=1S/C43H37N/c1-31(40(33-18-10-5-11-19-33)28-32-16-8-4-9-17-32)34-24-26-38-39-27-25-37(30-42(39)43(2,3)41(38)29-34)44(35-20-12-6-13-21-35)36-22-14-7-15-23-36/h4-6,8-14,16-27,29-31,40H,28H2,1-3H3. The van der Waals surface area contributed by atoms with Gasteiger partial charge >= 0.3 is 0 Å². The third kappa shape index (κ3) is 5.08. The van der Waals surface area contributed by atoms with Crippen molar-refractivity contribution in [2.24, 2.45) is 0 Å². The molecule has 6 aromatic carbocycles. The maximum atomic E-state index is 3.15. The van der Waals surface area contributed by atoms with Crippen LogP contribution in [0.25, 0.3) is 11.1 Å². The summed E-state index contributed by atoms with van der Waals surface area (Å²) in [7, 11) is 0. The molecule has 7 rings (SSSR count). The number of hydrogen-bond acceptors (Lipinski definition) is 1. The van der Waals surface area contributed by atoms with E-state index in [0.717, 1.165) is 23.5 Å². The average Bonchev–Trinajstić information content (AvgIpc) is 3.30. The summed E-state index contributed by atoms with van der Waals surface area (Å²) in [6, 6.07) is 59.0. The second-order valence-corrected chi connectivity index (χ2v) is 12.5. The van der Waals surface area contributed by atoms with Crippen molar-refractivity contribution >= 4 is 17.1 Å². The molecule has 6 aromatic rings. The van der Waals surface area contributed by atoms with Gasteiger partial charge in [-0.15, -0.1) is 0 Å². The van der Waals surface area contributed by atoms with Gasteiger partial charge in [-0.25, -0.2) is 0 Å². The van der Waals surface area contributed by atoms with Crippen LogP contribution in [0, 0.1) is 12.1 Å². The van der Waals surface area contributed by atoms with Gasteiger partial charge < -0.3 is 4.90 Å². The molecule has 44 heavy (non-hydrogen) atoms. The maximum Gasteiger partial charge on any atom is 0.0551 e. The molecule has 1 heteroatoms. The van der Waals surface area contributed by atoms with E-state index in [-0.39, 0.29) is 5.41 Å². The molecule has 0 N–H and O–H groups in total. The number of nitrogens with zero attached hydrogens (tertiary/aromatic N) is 1. The summed E-state index contributed by atoms with van der Waals surface area (Å²) in [5.74, 6) is 0.743. The molecule has 2 unspecified atom stereocenters. The largest absolute Gasteiger partial charge is 0.310 e. The molecule has 0 aromatic heterocycles. The highest BCUT2D eigenvalue weighted by Gasteiger charge is 2.37. The Balaban J connectivity index is 1.27. The summed E-state index contributed by atoms with van der Waals surface area (Å²) in [6.45, 7) is 7.17. The first-order valence-corrected chi connectivity index (χ1v) is 15.6. The molecule has 0 spiro atoms. The summed E-state index contributed by atoms with van der Waals surface area (Å²) in [5.41, 5.74) is 12.9. The van der Waals surface area contributed by atoms with Gasteiger partial charge in [-0.2, -0.15) is 0 Å². The van der Waals surface area contributed by atoms with Crippen LogP contribution >= 0.6 is 0 Å². The van der Waals surface area contributed by atoms with E-state index in [1.54, 1.807) is 0 Å². The zero-order valence-electron chi connectivity index (χ0n) is 25.7. The Morgan fingerprint density at radius 3 is 1.91 bits per heavy atom. The van der Waals surface area contributed by atoms with Crippen molar-refractivity contribution in [1.29, 1.82) is 0 Å². The fourth-order valence-electron chi connectivity index (χ4n) is 7.05. The average molecular weight is 568 g/mol. The third-order valence-corrected chi connectivity index (χ3v) is 9.51. The fourth-order valence-corrected chi connectivity index (χ4v) is 7.05. The van der Waals surface area contributed by atoms with Crippen molar-refractivity contribution in [3.63, 3.8) is 0 Å². The highest BCUT2D eigenvalue weighted by molar-refractivity contribution is 5.85. The van der Waals surface area contributed by atoms with E-state index in [9.17, 15) is 0 Å². The Bertz CT molecular complexity index is 1820. The van der Waals surface area contributed by atoms with E-state index >= 15 is 0 Å². The molecule has 1 aliphatic carbocycles. The van der Waals surface area contributed by atoms with Crippen LogP contribution in [0.15, 0.2) is 146 Å². The summed E-state index contributed by atoms with van der Waals surface area (Å²) in [5, 5.41) is 0. The second kappa shape index (κ2) is 11.6. The number of fused-ring (bicyclic) bond motifs is 3. The van der Waals surface area contributed by atoms with Gasteiger partial charge in [0.1, 0.15) is 0 Å². The number of rotatable bonds is 8. The Kier molecular flexibility index (Phi) is 7.29. The molecule has 1 aliphatic rings. The van der Waals surface area contributed by atoms with Crippen LogP contribution in [0.1, 0.15) is 60.4 Å². The van der Waals surface area contributed by atoms with Crippen molar-refractivity contribution < 1.29 is 0 Å². The van der Waals surface area contributed by atoms with Crippen molar-refractivity contribution in [2.75, 3.05) is 4.90 Å². The van der Waals surface area contributed by atoms with Crippen LogP contribution in [0.2, 0.25) is 0 Å². The van der Waals surface area contributed by atoms with Gasteiger partial charge in [-0.1, -0.05) is 136 Å². The molecule has 0 aliphatic heterocycles. The van der Waals surface area contributed by atoms with Crippen LogP contribution in [0.5, 0.6) is 0 Å². The quantitative estimate of drug-likeness (QED) is 0.177. The predicted molar refractivity (Wildman–Crippen MR) is 184 cm³/mol. The van der Waals surface area contributed by atoms with Gasteiger partial charge in [0.2, 0.25) is 0 Å². The summed E-state index contributed by atoms with van der Waals surface area (Å²) in [4.78, 5) is 2.31.